The molecule has 3 aromatic carbocycles. The average molecular weight is 491 g/mol. The Labute approximate surface area is 222 Å². The summed E-state index contributed by atoms with van der Waals surface area (Å²) in [6.07, 6.45) is 13.1. The summed E-state index contributed by atoms with van der Waals surface area (Å²) in [7, 11) is 0. The van der Waals surface area contributed by atoms with E-state index in [0.717, 1.165) is 55.7 Å². The van der Waals surface area contributed by atoms with Crippen LogP contribution in [0.3, 0.4) is 0 Å². The number of benzene rings is 3. The summed E-state index contributed by atoms with van der Waals surface area (Å²) < 4.78 is 2.30. The van der Waals surface area contributed by atoms with Gasteiger partial charge in [0.2, 0.25) is 0 Å². The molecule has 0 saturated heterocycles. The Morgan fingerprint density at radius 3 is 2.13 bits per heavy atom. The first-order valence-electron chi connectivity index (χ1n) is 12.5. The number of para-hydroxylation sites is 1. The molecule has 0 amide bonds. The summed E-state index contributed by atoms with van der Waals surface area (Å²) in [6.45, 7) is 7.97. The van der Waals surface area contributed by atoms with Crippen LogP contribution in [-0.4, -0.2) is 14.5 Å². The van der Waals surface area contributed by atoms with Gasteiger partial charge in [-0.1, -0.05) is 49.6 Å². The van der Waals surface area contributed by atoms with E-state index < -0.39 is 0 Å². The van der Waals surface area contributed by atoms with Crippen LogP contribution in [0, 0.1) is 0 Å². The lowest BCUT2D eigenvalue weighted by atomic mass is 10.1. The van der Waals surface area contributed by atoms with Crippen molar-refractivity contribution in [3.63, 3.8) is 0 Å². The summed E-state index contributed by atoms with van der Waals surface area (Å²) in [5, 5.41) is 2.23. The number of pyridine rings is 2. The predicted octanol–water partition coefficient (Wildman–Crippen LogP) is 8.63. The van der Waals surface area contributed by atoms with Crippen molar-refractivity contribution in [3.8, 4) is 16.8 Å². The molecule has 0 unspecified atom stereocenters. The van der Waals surface area contributed by atoms with Gasteiger partial charge in [-0.3, -0.25) is 9.97 Å². The fraction of sp³-hybridized carbons (Fsp3) is 0. The Morgan fingerprint density at radius 1 is 0.684 bits per heavy atom. The first kappa shape index (κ1) is 23.2. The van der Waals surface area contributed by atoms with E-state index in [1.54, 1.807) is 6.08 Å². The van der Waals surface area contributed by atoms with E-state index in [-0.39, 0.29) is 0 Å². The molecule has 0 N–H and O–H groups in total. The van der Waals surface area contributed by atoms with Gasteiger partial charge in [0.05, 0.1) is 11.0 Å². The number of nitrogens with zero attached hydrogens (tertiary/aromatic N) is 4. The molecule has 4 heteroatoms. The lowest BCUT2D eigenvalue weighted by Crippen LogP contribution is -2.14. The Bertz CT molecular complexity index is 1780. The summed E-state index contributed by atoms with van der Waals surface area (Å²) in [5.41, 5.74) is 8.66. The average Bonchev–Trinajstić information content (AvgIpc) is 3.32. The fourth-order valence-electron chi connectivity index (χ4n) is 5.00. The maximum absolute atomic E-state index is 4.46. The zero-order valence-corrected chi connectivity index (χ0v) is 20.9. The lowest BCUT2D eigenvalue weighted by molar-refractivity contribution is 1.17. The van der Waals surface area contributed by atoms with Crippen molar-refractivity contribution in [1.29, 1.82) is 0 Å². The van der Waals surface area contributed by atoms with Crippen LogP contribution in [-0.2, 0) is 0 Å². The third kappa shape index (κ3) is 4.08. The topological polar surface area (TPSA) is 34.0 Å². The van der Waals surface area contributed by atoms with Crippen LogP contribution in [0.25, 0.3) is 38.6 Å². The molecule has 6 aromatic rings. The number of hydrogen-bond acceptors (Lipinski definition) is 3. The molecule has 4 nitrogen and oxygen atoms in total. The zero-order chi connectivity index (χ0) is 25.9. The smallest absolute Gasteiger partial charge is 0.0571 e. The molecule has 0 bridgehead atoms. The second-order valence-corrected chi connectivity index (χ2v) is 8.91. The number of hydrogen-bond donors (Lipinski definition) is 0. The number of allylic oxidation sites excluding steroid dienone is 3. The highest BCUT2D eigenvalue weighted by Gasteiger charge is 2.17. The molecule has 0 spiro atoms. The van der Waals surface area contributed by atoms with Crippen molar-refractivity contribution in [3.05, 3.63) is 153 Å². The highest BCUT2D eigenvalue weighted by atomic mass is 15.1. The highest BCUT2D eigenvalue weighted by molar-refractivity contribution is 6.10. The molecule has 6 rings (SSSR count). The van der Waals surface area contributed by atoms with Crippen molar-refractivity contribution >= 4 is 33.2 Å². The van der Waals surface area contributed by atoms with Gasteiger partial charge in [-0.15, -0.1) is 0 Å². The van der Waals surface area contributed by atoms with Gasteiger partial charge in [-0.2, -0.15) is 0 Å². The van der Waals surface area contributed by atoms with E-state index in [1.165, 1.54) is 0 Å². The van der Waals surface area contributed by atoms with Crippen LogP contribution >= 0.6 is 0 Å². The molecular formula is C34H26N4. The standard InChI is InChI=1S/C34H26N4/c1-3-8-27(4-2)37(28-9-6-5-7-10-28)30-15-16-33-31(23-30)32-24-36-22-19-34(32)38(33)29-13-11-25(12-14-29)26-17-20-35-21-18-26/h3-24H,1-2H2/b27-8+. The first-order valence-corrected chi connectivity index (χ1v) is 12.5. The van der Waals surface area contributed by atoms with Crippen LogP contribution in [0.1, 0.15) is 0 Å². The SMILES string of the molecule is C=C/C=C(\C=C)N(c1ccccc1)c1ccc2c(c1)c1cnccc1n2-c1ccc(-c2ccncc2)cc1. The van der Waals surface area contributed by atoms with E-state index in [1.807, 2.05) is 67.3 Å². The Kier molecular flexibility index (Phi) is 6.12. The van der Waals surface area contributed by atoms with Crippen molar-refractivity contribution in [2.24, 2.45) is 0 Å². The van der Waals surface area contributed by atoms with E-state index in [2.05, 4.69) is 93.3 Å². The molecule has 0 aliphatic carbocycles. The van der Waals surface area contributed by atoms with Gasteiger partial charge in [0, 0.05) is 58.3 Å². The van der Waals surface area contributed by atoms with Crippen molar-refractivity contribution in [1.82, 2.24) is 14.5 Å². The van der Waals surface area contributed by atoms with Crippen molar-refractivity contribution < 1.29 is 0 Å². The third-order valence-corrected chi connectivity index (χ3v) is 6.72. The lowest BCUT2D eigenvalue weighted by Gasteiger charge is -2.26. The van der Waals surface area contributed by atoms with Crippen LogP contribution in [0.15, 0.2) is 153 Å². The predicted molar refractivity (Wildman–Crippen MR) is 159 cm³/mol. The normalized spacial score (nSPS) is 11.5. The van der Waals surface area contributed by atoms with Crippen LogP contribution < -0.4 is 4.90 Å². The minimum Gasteiger partial charge on any atom is -0.311 e. The molecule has 0 aliphatic rings. The van der Waals surface area contributed by atoms with Gasteiger partial charge in [0.15, 0.2) is 0 Å². The Morgan fingerprint density at radius 2 is 1.39 bits per heavy atom. The van der Waals surface area contributed by atoms with E-state index in [0.29, 0.717) is 0 Å². The molecule has 0 saturated carbocycles. The third-order valence-electron chi connectivity index (χ3n) is 6.72. The molecule has 0 atom stereocenters. The van der Waals surface area contributed by atoms with Gasteiger partial charge in [-0.25, -0.2) is 0 Å². The number of rotatable bonds is 7. The molecular weight excluding hydrogens is 464 g/mol. The van der Waals surface area contributed by atoms with Gasteiger partial charge in [0.1, 0.15) is 0 Å². The quantitative estimate of drug-likeness (QED) is 0.210. The summed E-state index contributed by atoms with van der Waals surface area (Å²) in [4.78, 5) is 10.8. The maximum atomic E-state index is 4.46. The molecule has 38 heavy (non-hydrogen) atoms. The molecule has 0 fully saturated rings. The first-order chi connectivity index (χ1) is 18.8. The highest BCUT2D eigenvalue weighted by Crippen LogP contribution is 2.37. The molecule has 3 aromatic heterocycles. The molecule has 0 radical (unpaired) electrons. The number of fused-ring (bicyclic) bond motifs is 3. The maximum Gasteiger partial charge on any atom is 0.0571 e. The van der Waals surface area contributed by atoms with E-state index >= 15 is 0 Å². The second kappa shape index (κ2) is 10.0. The van der Waals surface area contributed by atoms with Crippen molar-refractivity contribution in [2.75, 3.05) is 4.90 Å². The largest absolute Gasteiger partial charge is 0.311 e. The summed E-state index contributed by atoms with van der Waals surface area (Å²) in [5.74, 6) is 0. The van der Waals surface area contributed by atoms with Crippen LogP contribution in [0.5, 0.6) is 0 Å². The number of anilines is 2. The second-order valence-electron chi connectivity index (χ2n) is 8.91. The minimum atomic E-state index is 0.944. The van der Waals surface area contributed by atoms with Gasteiger partial charge in [0.25, 0.3) is 0 Å². The van der Waals surface area contributed by atoms with Crippen LogP contribution in [0.4, 0.5) is 11.4 Å². The minimum absolute atomic E-state index is 0.944. The molecule has 182 valence electrons. The molecule has 3 heterocycles. The fourth-order valence-corrected chi connectivity index (χ4v) is 5.00. The zero-order valence-electron chi connectivity index (χ0n) is 20.9. The van der Waals surface area contributed by atoms with Gasteiger partial charge < -0.3 is 9.47 Å². The van der Waals surface area contributed by atoms with Crippen LogP contribution in [0.2, 0.25) is 0 Å². The summed E-state index contributed by atoms with van der Waals surface area (Å²) >= 11 is 0. The number of aromatic nitrogens is 3. The monoisotopic (exact) mass is 490 g/mol. The Balaban J connectivity index is 1.53. The van der Waals surface area contributed by atoms with Crippen molar-refractivity contribution in [2.45, 2.75) is 0 Å². The summed E-state index contributed by atoms with van der Waals surface area (Å²) in [6, 6.07) is 31.7. The van der Waals surface area contributed by atoms with Gasteiger partial charge in [-0.05, 0) is 83.9 Å². The molecule has 0 aliphatic heterocycles. The van der Waals surface area contributed by atoms with Gasteiger partial charge >= 0.3 is 0 Å². The Hall–Kier alpha value is -5.22. The van der Waals surface area contributed by atoms with E-state index in [4.69, 9.17) is 0 Å². The van der Waals surface area contributed by atoms with E-state index in [9.17, 15) is 0 Å².